The molecular weight excluding hydrogens is 354 g/mol. The lowest BCUT2D eigenvalue weighted by atomic mass is 10.0. The van der Waals surface area contributed by atoms with Gasteiger partial charge in [-0.2, -0.15) is 0 Å². The molecule has 1 aromatic carbocycles. The summed E-state index contributed by atoms with van der Waals surface area (Å²) in [4.78, 5) is 12.9. The van der Waals surface area contributed by atoms with Crippen LogP contribution in [0.15, 0.2) is 34.0 Å². The van der Waals surface area contributed by atoms with Crippen LogP contribution in [0.2, 0.25) is 0 Å². The summed E-state index contributed by atoms with van der Waals surface area (Å²) >= 11 is 0. The third-order valence-electron chi connectivity index (χ3n) is 4.31. The summed E-state index contributed by atoms with van der Waals surface area (Å²) in [7, 11) is -1.78. The van der Waals surface area contributed by atoms with Crippen LogP contribution >= 0.6 is 0 Å². The summed E-state index contributed by atoms with van der Waals surface area (Å²) in [6.45, 7) is 8.81. The third-order valence-corrected chi connectivity index (χ3v) is 5.79. The Morgan fingerprint density at radius 2 is 1.81 bits per heavy atom. The fourth-order valence-electron chi connectivity index (χ4n) is 2.93. The molecule has 0 atom stereocenters. The molecule has 2 aromatic rings. The molecule has 0 bridgehead atoms. The molecule has 0 saturated heterocycles. The summed E-state index contributed by atoms with van der Waals surface area (Å²) in [6.07, 6.45) is 0. The van der Waals surface area contributed by atoms with Crippen LogP contribution in [0.1, 0.15) is 37.9 Å². The van der Waals surface area contributed by atoms with Crippen LogP contribution in [0.25, 0.3) is 5.69 Å². The minimum atomic E-state index is -3.60. The van der Waals surface area contributed by atoms with Crippen LogP contribution in [0.4, 0.5) is 0 Å². The lowest BCUT2D eigenvalue weighted by molar-refractivity contribution is 0.153. The molecule has 0 radical (unpaired) electrons. The van der Waals surface area contributed by atoms with E-state index in [9.17, 15) is 13.2 Å². The summed E-state index contributed by atoms with van der Waals surface area (Å²) in [5.74, 6) is 0.115. The van der Waals surface area contributed by atoms with Gasteiger partial charge in [-0.25, -0.2) is 17.8 Å². The van der Waals surface area contributed by atoms with Crippen molar-refractivity contribution in [2.45, 2.75) is 38.5 Å². The largest absolute Gasteiger partial charge is 0.380 e. The summed E-state index contributed by atoms with van der Waals surface area (Å²) in [5, 5.41) is 0. The molecule has 0 spiro atoms. The van der Waals surface area contributed by atoms with E-state index in [0.717, 1.165) is 11.3 Å². The van der Waals surface area contributed by atoms with E-state index >= 15 is 0 Å². The quantitative estimate of drug-likeness (QED) is 0.708. The zero-order valence-corrected chi connectivity index (χ0v) is 16.8. The van der Waals surface area contributed by atoms with Gasteiger partial charge in [-0.15, -0.1) is 0 Å². The van der Waals surface area contributed by atoms with E-state index in [-0.39, 0.29) is 22.9 Å². The Balaban J connectivity index is 2.31. The van der Waals surface area contributed by atoms with E-state index in [1.54, 1.807) is 21.5 Å². The average Bonchev–Trinajstić information content (AvgIpc) is 2.81. The maximum atomic E-state index is 12.7. The van der Waals surface area contributed by atoms with E-state index in [1.807, 2.05) is 34.7 Å². The van der Waals surface area contributed by atoms with Gasteiger partial charge in [0.25, 0.3) is 5.56 Å². The Labute approximate surface area is 154 Å². The Hall–Kier alpha value is -1.90. The van der Waals surface area contributed by atoms with Gasteiger partial charge in [0, 0.05) is 31.5 Å². The molecule has 7 nitrogen and oxygen atoms in total. The number of nitrogens with zero attached hydrogens (tertiary/aromatic N) is 2. The van der Waals surface area contributed by atoms with Crippen molar-refractivity contribution in [3.05, 3.63) is 45.9 Å². The van der Waals surface area contributed by atoms with Gasteiger partial charge in [0.05, 0.1) is 17.2 Å². The van der Waals surface area contributed by atoms with Crippen molar-refractivity contribution in [1.82, 2.24) is 14.1 Å². The summed E-state index contributed by atoms with van der Waals surface area (Å²) < 4.78 is 35.5. The average molecular weight is 381 g/mol. The molecule has 0 aliphatic heterocycles. The molecule has 1 aromatic heterocycles. The fourth-order valence-corrected chi connectivity index (χ4v) is 3.94. The van der Waals surface area contributed by atoms with Crippen molar-refractivity contribution in [3.63, 3.8) is 0 Å². The van der Waals surface area contributed by atoms with Crippen LogP contribution in [-0.2, 0) is 21.8 Å². The number of nitrogens with one attached hydrogen (secondary N) is 1. The molecule has 2 rings (SSSR count). The molecule has 0 aliphatic carbocycles. The van der Waals surface area contributed by atoms with Gasteiger partial charge in [0.15, 0.2) is 0 Å². The van der Waals surface area contributed by atoms with Crippen LogP contribution < -0.4 is 10.3 Å². The van der Waals surface area contributed by atoms with Gasteiger partial charge >= 0.3 is 0 Å². The van der Waals surface area contributed by atoms with Gasteiger partial charge in [-0.05, 0) is 44.0 Å². The van der Waals surface area contributed by atoms with Crippen LogP contribution in [0, 0.1) is 6.92 Å². The first-order valence-corrected chi connectivity index (χ1v) is 10.1. The van der Waals surface area contributed by atoms with Gasteiger partial charge in [0.1, 0.15) is 0 Å². The van der Waals surface area contributed by atoms with E-state index in [1.165, 1.54) is 12.1 Å². The second-order valence-corrected chi connectivity index (χ2v) is 8.15. The second-order valence-electron chi connectivity index (χ2n) is 6.38. The molecular formula is C18H27N3O4S. The number of rotatable bonds is 8. The molecule has 144 valence electrons. The zero-order valence-electron chi connectivity index (χ0n) is 15.9. The Morgan fingerprint density at radius 3 is 2.31 bits per heavy atom. The van der Waals surface area contributed by atoms with Crippen LogP contribution in [-0.4, -0.2) is 37.5 Å². The molecule has 0 fully saturated rings. The van der Waals surface area contributed by atoms with E-state index in [2.05, 4.69) is 4.72 Å². The smallest absolute Gasteiger partial charge is 0.275 e. The SMILES string of the molecule is CCOCCNS(=O)(=O)c1ccc(-n2c(=O)c(C(C)C)c(C)n2C)cc1. The van der Waals surface area contributed by atoms with Crippen molar-refractivity contribution >= 4 is 10.0 Å². The second kappa shape index (κ2) is 8.20. The molecule has 0 amide bonds. The first-order chi connectivity index (χ1) is 12.2. The number of aromatic nitrogens is 2. The predicted molar refractivity (Wildman–Crippen MR) is 102 cm³/mol. The van der Waals surface area contributed by atoms with Gasteiger partial charge < -0.3 is 4.74 Å². The van der Waals surface area contributed by atoms with Crippen molar-refractivity contribution < 1.29 is 13.2 Å². The number of ether oxygens (including phenoxy) is 1. The molecule has 0 saturated carbocycles. The summed E-state index contributed by atoms with van der Waals surface area (Å²) in [5.41, 5.74) is 2.22. The lowest BCUT2D eigenvalue weighted by Crippen LogP contribution is -2.27. The molecule has 26 heavy (non-hydrogen) atoms. The Bertz CT molecular complexity index is 909. The number of benzene rings is 1. The minimum absolute atomic E-state index is 0.0783. The van der Waals surface area contributed by atoms with Crippen LogP contribution in [0.5, 0.6) is 0 Å². The van der Waals surface area contributed by atoms with Gasteiger partial charge in [0.2, 0.25) is 10.0 Å². The Morgan fingerprint density at radius 1 is 1.19 bits per heavy atom. The third kappa shape index (κ3) is 4.08. The van der Waals surface area contributed by atoms with Gasteiger partial charge in [-0.3, -0.25) is 9.48 Å². The Kier molecular flexibility index (Phi) is 6.44. The molecule has 0 aliphatic rings. The molecule has 0 unspecified atom stereocenters. The highest BCUT2D eigenvalue weighted by molar-refractivity contribution is 7.89. The van der Waals surface area contributed by atoms with Crippen molar-refractivity contribution in [1.29, 1.82) is 0 Å². The van der Waals surface area contributed by atoms with Crippen molar-refractivity contribution in [2.75, 3.05) is 19.8 Å². The van der Waals surface area contributed by atoms with Crippen molar-refractivity contribution in [3.8, 4) is 5.69 Å². The highest BCUT2D eigenvalue weighted by atomic mass is 32.2. The minimum Gasteiger partial charge on any atom is -0.380 e. The highest BCUT2D eigenvalue weighted by Gasteiger charge is 2.19. The van der Waals surface area contributed by atoms with Crippen LogP contribution in [0.3, 0.4) is 0 Å². The van der Waals surface area contributed by atoms with Crippen molar-refractivity contribution in [2.24, 2.45) is 7.05 Å². The fraction of sp³-hybridized carbons (Fsp3) is 0.500. The number of sulfonamides is 1. The normalized spacial score (nSPS) is 12.1. The highest BCUT2D eigenvalue weighted by Crippen LogP contribution is 2.18. The topological polar surface area (TPSA) is 82.3 Å². The first-order valence-electron chi connectivity index (χ1n) is 8.67. The maximum absolute atomic E-state index is 12.7. The van der Waals surface area contributed by atoms with E-state index in [0.29, 0.717) is 18.9 Å². The predicted octanol–water partition coefficient (Wildman–Crippen LogP) is 1.92. The standard InChI is InChI=1S/C18H27N3O4S/c1-6-25-12-11-19-26(23,24)16-9-7-15(8-10-16)21-18(22)17(13(2)3)14(4)20(21)5/h7-10,13,19H,6,11-12H2,1-5H3. The van der Waals surface area contributed by atoms with E-state index < -0.39 is 10.0 Å². The number of hydrogen-bond acceptors (Lipinski definition) is 4. The lowest BCUT2D eigenvalue weighted by Gasteiger charge is -2.10. The maximum Gasteiger partial charge on any atom is 0.275 e. The summed E-state index contributed by atoms with van der Waals surface area (Å²) in [6, 6.07) is 6.29. The van der Waals surface area contributed by atoms with E-state index in [4.69, 9.17) is 4.74 Å². The van der Waals surface area contributed by atoms with Gasteiger partial charge in [-0.1, -0.05) is 13.8 Å². The first kappa shape index (κ1) is 20.4. The molecule has 1 heterocycles. The zero-order chi connectivity index (χ0) is 19.5. The molecule has 1 N–H and O–H groups in total. The molecule has 8 heteroatoms. The monoisotopic (exact) mass is 381 g/mol. The number of hydrogen-bond donors (Lipinski definition) is 1.